The molecular weight excluding hydrogens is 356 g/mol. The van der Waals surface area contributed by atoms with Crippen molar-refractivity contribution in [3.8, 4) is 0 Å². The summed E-state index contributed by atoms with van der Waals surface area (Å²) in [5.74, 6) is 0. The van der Waals surface area contributed by atoms with E-state index in [0.717, 1.165) is 31.2 Å². The fourth-order valence-electron chi connectivity index (χ4n) is 2.07. The van der Waals surface area contributed by atoms with E-state index >= 15 is 0 Å². The Morgan fingerprint density at radius 2 is 1.56 bits per heavy atom. The van der Waals surface area contributed by atoms with Crippen molar-refractivity contribution in [3.05, 3.63) is 67.6 Å². The minimum absolute atomic E-state index is 0.605. The Balaban J connectivity index is 2.44. The predicted octanol–water partition coefficient (Wildman–Crippen LogP) is 4.91. The van der Waals surface area contributed by atoms with Crippen LogP contribution in [0.2, 0.25) is 0 Å². The van der Waals surface area contributed by atoms with Gasteiger partial charge in [0.1, 0.15) is 6.10 Å². The second-order valence-electron chi connectivity index (χ2n) is 4.49. The highest BCUT2D eigenvalue weighted by Crippen LogP contribution is 2.31. The average Bonchev–Trinajstić information content (AvgIpc) is 2.26. The molecule has 2 aromatic rings. The summed E-state index contributed by atoms with van der Waals surface area (Å²) >= 11 is 6.91. The Morgan fingerprint density at radius 3 is 2.11 bits per heavy atom. The van der Waals surface area contributed by atoms with Crippen LogP contribution in [0.4, 0.5) is 0 Å². The summed E-state index contributed by atoms with van der Waals surface area (Å²) in [5.41, 5.74) is 4.13. The molecule has 18 heavy (non-hydrogen) atoms. The molecule has 0 spiro atoms. The molecule has 0 aliphatic rings. The van der Waals surface area contributed by atoms with E-state index in [1.54, 1.807) is 0 Å². The maximum atomic E-state index is 10.5. The van der Waals surface area contributed by atoms with E-state index in [2.05, 4.69) is 37.9 Å². The number of aliphatic hydroxyl groups is 1. The van der Waals surface area contributed by atoms with Crippen LogP contribution in [-0.4, -0.2) is 5.11 Å². The van der Waals surface area contributed by atoms with Crippen molar-refractivity contribution in [2.45, 2.75) is 20.0 Å². The fourth-order valence-corrected chi connectivity index (χ4v) is 3.33. The van der Waals surface area contributed by atoms with E-state index in [1.165, 1.54) is 0 Å². The molecule has 0 saturated carbocycles. The normalized spacial score (nSPS) is 12.5. The van der Waals surface area contributed by atoms with Crippen LogP contribution < -0.4 is 0 Å². The minimum Gasteiger partial charge on any atom is -0.384 e. The van der Waals surface area contributed by atoms with Gasteiger partial charge in [0.15, 0.2) is 0 Å². The lowest BCUT2D eigenvalue weighted by atomic mass is 9.98. The molecule has 0 heterocycles. The highest BCUT2D eigenvalue weighted by atomic mass is 79.9. The van der Waals surface area contributed by atoms with Crippen molar-refractivity contribution in [2.75, 3.05) is 0 Å². The lowest BCUT2D eigenvalue weighted by Crippen LogP contribution is -2.01. The third kappa shape index (κ3) is 3.02. The molecule has 3 heteroatoms. The summed E-state index contributed by atoms with van der Waals surface area (Å²) in [6.45, 7) is 4.08. The Kier molecular flexibility index (Phi) is 4.25. The molecular formula is C15H14Br2O. The Hall–Kier alpha value is -0.640. The summed E-state index contributed by atoms with van der Waals surface area (Å²) in [6, 6.07) is 12.0. The van der Waals surface area contributed by atoms with Gasteiger partial charge >= 0.3 is 0 Å². The molecule has 0 aromatic heterocycles. The Morgan fingerprint density at radius 1 is 0.944 bits per heavy atom. The van der Waals surface area contributed by atoms with E-state index in [1.807, 2.05) is 44.2 Å². The van der Waals surface area contributed by atoms with Crippen molar-refractivity contribution in [1.82, 2.24) is 0 Å². The average molecular weight is 370 g/mol. The smallest absolute Gasteiger partial charge is 0.105 e. The fraction of sp³-hybridized carbons (Fsp3) is 0.200. The van der Waals surface area contributed by atoms with Crippen molar-refractivity contribution in [3.63, 3.8) is 0 Å². The van der Waals surface area contributed by atoms with Gasteiger partial charge in [-0.1, -0.05) is 67.3 Å². The summed E-state index contributed by atoms with van der Waals surface area (Å²) < 4.78 is 1.90. The van der Waals surface area contributed by atoms with Gasteiger partial charge in [-0.25, -0.2) is 0 Å². The number of rotatable bonds is 2. The molecule has 1 unspecified atom stereocenters. The SMILES string of the molecule is Cc1cc(C)cc(C(O)c2ccc(Br)cc2Br)c1. The highest BCUT2D eigenvalue weighted by molar-refractivity contribution is 9.11. The molecule has 0 aliphatic carbocycles. The van der Waals surface area contributed by atoms with Crippen molar-refractivity contribution in [1.29, 1.82) is 0 Å². The lowest BCUT2D eigenvalue weighted by Gasteiger charge is -2.15. The van der Waals surface area contributed by atoms with Crippen molar-refractivity contribution in [2.24, 2.45) is 0 Å². The van der Waals surface area contributed by atoms with Gasteiger partial charge in [0.2, 0.25) is 0 Å². The molecule has 0 aliphatic heterocycles. The zero-order chi connectivity index (χ0) is 13.3. The first-order valence-corrected chi connectivity index (χ1v) is 7.27. The summed E-state index contributed by atoms with van der Waals surface area (Å²) in [7, 11) is 0. The molecule has 1 atom stereocenters. The van der Waals surface area contributed by atoms with E-state index in [-0.39, 0.29) is 0 Å². The first-order valence-electron chi connectivity index (χ1n) is 5.68. The number of hydrogen-bond donors (Lipinski definition) is 1. The number of halogens is 2. The molecule has 0 fully saturated rings. The van der Waals surface area contributed by atoms with E-state index in [9.17, 15) is 5.11 Å². The van der Waals surface area contributed by atoms with Gasteiger partial charge in [-0.15, -0.1) is 0 Å². The molecule has 0 amide bonds. The van der Waals surface area contributed by atoms with Crippen LogP contribution in [0, 0.1) is 13.8 Å². The van der Waals surface area contributed by atoms with Gasteiger partial charge in [0.05, 0.1) is 0 Å². The molecule has 2 aromatic carbocycles. The number of benzene rings is 2. The molecule has 1 nitrogen and oxygen atoms in total. The van der Waals surface area contributed by atoms with Gasteiger partial charge in [0, 0.05) is 8.95 Å². The van der Waals surface area contributed by atoms with Crippen molar-refractivity contribution >= 4 is 31.9 Å². The zero-order valence-corrected chi connectivity index (χ0v) is 13.4. The maximum Gasteiger partial charge on any atom is 0.105 e. The first kappa shape index (κ1) is 13.8. The van der Waals surface area contributed by atoms with Gasteiger partial charge in [-0.3, -0.25) is 0 Å². The van der Waals surface area contributed by atoms with Gasteiger partial charge in [0.25, 0.3) is 0 Å². The van der Waals surface area contributed by atoms with Gasteiger partial charge < -0.3 is 5.11 Å². The molecule has 2 rings (SSSR count). The molecule has 0 saturated heterocycles. The van der Waals surface area contributed by atoms with Crippen molar-refractivity contribution < 1.29 is 5.11 Å². The molecule has 0 radical (unpaired) electrons. The second kappa shape index (κ2) is 5.55. The lowest BCUT2D eigenvalue weighted by molar-refractivity contribution is 0.219. The predicted molar refractivity (Wildman–Crippen MR) is 81.8 cm³/mol. The van der Waals surface area contributed by atoms with E-state index in [4.69, 9.17) is 0 Å². The monoisotopic (exact) mass is 368 g/mol. The summed E-state index contributed by atoms with van der Waals surface area (Å²) in [4.78, 5) is 0. The zero-order valence-electron chi connectivity index (χ0n) is 10.2. The molecule has 1 N–H and O–H groups in total. The highest BCUT2D eigenvalue weighted by Gasteiger charge is 2.14. The number of aryl methyl sites for hydroxylation is 2. The molecule has 0 bridgehead atoms. The minimum atomic E-state index is -0.605. The Bertz CT molecular complexity index is 558. The van der Waals surface area contributed by atoms with Crippen LogP contribution in [0.1, 0.15) is 28.4 Å². The topological polar surface area (TPSA) is 20.2 Å². The third-order valence-electron chi connectivity index (χ3n) is 2.82. The Labute approximate surface area is 124 Å². The maximum absolute atomic E-state index is 10.5. The number of hydrogen-bond acceptors (Lipinski definition) is 1. The van der Waals surface area contributed by atoms with Gasteiger partial charge in [-0.05, 0) is 37.1 Å². The largest absolute Gasteiger partial charge is 0.384 e. The summed E-state index contributed by atoms with van der Waals surface area (Å²) in [5, 5.41) is 10.5. The van der Waals surface area contributed by atoms with Crippen LogP contribution in [0.3, 0.4) is 0 Å². The van der Waals surface area contributed by atoms with Crippen LogP contribution in [0.15, 0.2) is 45.3 Å². The van der Waals surface area contributed by atoms with Crippen LogP contribution >= 0.6 is 31.9 Å². The van der Waals surface area contributed by atoms with E-state index < -0.39 is 6.10 Å². The van der Waals surface area contributed by atoms with Crippen LogP contribution in [-0.2, 0) is 0 Å². The van der Waals surface area contributed by atoms with E-state index in [0.29, 0.717) is 0 Å². The number of aliphatic hydroxyl groups excluding tert-OH is 1. The summed E-state index contributed by atoms with van der Waals surface area (Å²) in [6.07, 6.45) is -0.605. The second-order valence-corrected chi connectivity index (χ2v) is 6.26. The van der Waals surface area contributed by atoms with Crippen LogP contribution in [0.5, 0.6) is 0 Å². The standard InChI is InChI=1S/C15H14Br2O/c1-9-5-10(2)7-11(6-9)15(18)13-4-3-12(16)8-14(13)17/h3-8,15,18H,1-2H3. The first-order chi connectivity index (χ1) is 8.47. The molecule has 94 valence electrons. The van der Waals surface area contributed by atoms with Gasteiger partial charge in [-0.2, -0.15) is 0 Å². The quantitative estimate of drug-likeness (QED) is 0.797. The third-order valence-corrected chi connectivity index (χ3v) is 4.00. The van der Waals surface area contributed by atoms with Crippen LogP contribution in [0.25, 0.3) is 0 Å².